The van der Waals surface area contributed by atoms with Gasteiger partial charge in [0.05, 0.1) is 16.9 Å². The molecule has 2 aromatic heterocycles. The highest BCUT2D eigenvalue weighted by Gasteiger charge is 2.18. The Morgan fingerprint density at radius 2 is 1.62 bits per heavy atom. The molecule has 1 fully saturated rings. The van der Waals surface area contributed by atoms with Crippen molar-refractivity contribution in [3.63, 3.8) is 0 Å². The highest BCUT2D eigenvalue weighted by atomic mass is 32.2. The highest BCUT2D eigenvalue weighted by Crippen LogP contribution is 2.37. The Morgan fingerprint density at radius 1 is 0.846 bits per heavy atom. The number of carbonyl (C=O) groups excluding carboxylic acids is 1. The molecule has 39 heavy (non-hydrogen) atoms. The normalized spacial score (nSPS) is 13.8. The summed E-state index contributed by atoms with van der Waals surface area (Å²) in [5, 5.41) is 6.91. The first-order chi connectivity index (χ1) is 19.2. The fourth-order valence-electron chi connectivity index (χ4n) is 5.06. The predicted octanol–water partition coefficient (Wildman–Crippen LogP) is 7.77. The number of anilines is 1. The molecule has 0 amide bonds. The number of pyridine rings is 1. The van der Waals surface area contributed by atoms with Gasteiger partial charge in [0.2, 0.25) is 0 Å². The minimum Gasteiger partial charge on any atom is -0.372 e. The number of hydrogen-bond acceptors (Lipinski definition) is 5. The van der Waals surface area contributed by atoms with Gasteiger partial charge in [-0.1, -0.05) is 48.2 Å². The second kappa shape index (κ2) is 11.3. The summed E-state index contributed by atoms with van der Waals surface area (Å²) in [7, 11) is 0. The molecule has 6 heteroatoms. The Bertz CT molecular complexity index is 1630. The van der Waals surface area contributed by atoms with Crippen molar-refractivity contribution < 1.29 is 4.79 Å². The van der Waals surface area contributed by atoms with Crippen molar-refractivity contribution in [3.05, 3.63) is 114 Å². The number of benzene rings is 3. The van der Waals surface area contributed by atoms with Gasteiger partial charge in [-0.2, -0.15) is 5.10 Å². The maximum atomic E-state index is 13.2. The number of nitrogens with zero attached hydrogens (tertiary/aromatic N) is 4. The van der Waals surface area contributed by atoms with Crippen molar-refractivity contribution in [1.29, 1.82) is 0 Å². The first-order valence-corrected chi connectivity index (χ1v) is 14.2. The summed E-state index contributed by atoms with van der Waals surface area (Å²) >= 11 is 1.62. The molecule has 0 atom stereocenters. The summed E-state index contributed by atoms with van der Waals surface area (Å²) in [5.41, 5.74) is 5.58. The number of hydrogen-bond donors (Lipinski definition) is 0. The molecular formula is C33H30N4OS. The lowest BCUT2D eigenvalue weighted by Crippen LogP contribution is -2.29. The molecule has 0 N–H and O–H groups in total. The number of piperidine rings is 1. The van der Waals surface area contributed by atoms with Crippen LogP contribution in [0.3, 0.4) is 0 Å². The molecule has 3 aromatic carbocycles. The molecule has 0 saturated carbocycles. The van der Waals surface area contributed by atoms with E-state index >= 15 is 0 Å². The zero-order chi connectivity index (χ0) is 26.6. The van der Waals surface area contributed by atoms with Crippen LogP contribution in [0.15, 0.2) is 107 Å². The Labute approximate surface area is 233 Å². The highest BCUT2D eigenvalue weighted by molar-refractivity contribution is 7.99. The van der Waals surface area contributed by atoms with Crippen LogP contribution in [0.5, 0.6) is 0 Å². The van der Waals surface area contributed by atoms with Gasteiger partial charge >= 0.3 is 0 Å². The molecule has 5 aromatic rings. The molecule has 0 radical (unpaired) electrons. The van der Waals surface area contributed by atoms with Gasteiger partial charge in [-0.3, -0.25) is 9.78 Å². The Balaban J connectivity index is 1.33. The lowest BCUT2D eigenvalue weighted by Gasteiger charge is -2.28. The molecule has 3 heterocycles. The molecule has 1 saturated heterocycles. The van der Waals surface area contributed by atoms with Crippen LogP contribution in [-0.4, -0.2) is 33.6 Å². The van der Waals surface area contributed by atoms with Crippen molar-refractivity contribution in [2.24, 2.45) is 0 Å². The summed E-state index contributed by atoms with van der Waals surface area (Å²) in [4.78, 5) is 21.3. The van der Waals surface area contributed by atoms with Crippen molar-refractivity contribution in [2.75, 3.05) is 18.0 Å². The van der Waals surface area contributed by atoms with E-state index in [4.69, 9.17) is 5.10 Å². The van der Waals surface area contributed by atoms with Crippen LogP contribution in [0.2, 0.25) is 0 Å². The smallest absolute Gasteiger partial charge is 0.185 e. The van der Waals surface area contributed by atoms with Gasteiger partial charge in [0.25, 0.3) is 0 Å². The lowest BCUT2D eigenvalue weighted by molar-refractivity contribution is 0.104. The number of rotatable bonds is 7. The number of aryl methyl sites for hydroxylation is 1. The molecule has 0 spiro atoms. The van der Waals surface area contributed by atoms with E-state index in [-0.39, 0.29) is 5.78 Å². The van der Waals surface area contributed by atoms with Crippen molar-refractivity contribution in [2.45, 2.75) is 36.1 Å². The fraction of sp³-hybridized carbons (Fsp3) is 0.182. The van der Waals surface area contributed by atoms with Crippen molar-refractivity contribution >= 4 is 40.2 Å². The van der Waals surface area contributed by atoms with E-state index in [1.807, 2.05) is 72.4 Å². The van der Waals surface area contributed by atoms with E-state index in [0.717, 1.165) is 50.9 Å². The van der Waals surface area contributed by atoms with Crippen molar-refractivity contribution in [1.82, 2.24) is 14.8 Å². The fourth-order valence-corrected chi connectivity index (χ4v) is 6.24. The van der Waals surface area contributed by atoms with E-state index in [1.54, 1.807) is 17.8 Å². The summed E-state index contributed by atoms with van der Waals surface area (Å²) in [6.07, 6.45) is 9.16. The number of aromatic nitrogens is 3. The first kappa shape index (κ1) is 25.1. The number of para-hydroxylation sites is 2. The third kappa shape index (κ3) is 5.38. The Hall–Kier alpha value is -4.16. The topological polar surface area (TPSA) is 51.0 Å². The monoisotopic (exact) mass is 530 g/mol. The van der Waals surface area contributed by atoms with E-state index in [2.05, 4.69) is 46.3 Å². The lowest BCUT2D eigenvalue weighted by atomic mass is 10.1. The van der Waals surface area contributed by atoms with Gasteiger partial charge in [0.1, 0.15) is 5.03 Å². The van der Waals surface area contributed by atoms with Gasteiger partial charge in [-0.15, -0.1) is 0 Å². The van der Waals surface area contributed by atoms with Crippen molar-refractivity contribution in [3.8, 4) is 5.69 Å². The van der Waals surface area contributed by atoms with E-state index in [9.17, 15) is 4.79 Å². The summed E-state index contributed by atoms with van der Waals surface area (Å²) in [5.74, 6) is -0.0187. The zero-order valence-electron chi connectivity index (χ0n) is 22.0. The zero-order valence-corrected chi connectivity index (χ0v) is 22.8. The maximum absolute atomic E-state index is 13.2. The second-order valence-corrected chi connectivity index (χ2v) is 10.8. The Kier molecular flexibility index (Phi) is 7.28. The molecule has 194 valence electrons. The molecule has 0 bridgehead atoms. The number of carbonyl (C=O) groups is 1. The predicted molar refractivity (Wildman–Crippen MR) is 160 cm³/mol. The quantitative estimate of drug-likeness (QED) is 0.159. The van der Waals surface area contributed by atoms with Gasteiger partial charge in [0.15, 0.2) is 5.78 Å². The molecule has 1 aliphatic heterocycles. The number of ketones is 1. The maximum Gasteiger partial charge on any atom is 0.185 e. The molecule has 1 aliphatic rings. The van der Waals surface area contributed by atoms with Crippen LogP contribution in [0.25, 0.3) is 22.7 Å². The standard InChI is InChI=1S/C33H30N4OS/c1-24-29(19-20-30(38)25-15-17-27(18-16-25)36-22-6-3-7-23-36)33(37(35-24)28-12-4-2-5-13-28)39-31-14-8-10-26-11-9-21-34-32(26)31/h2,4-5,8-21H,3,6-7,22-23H2,1H3/b20-19+. The second-order valence-electron chi connectivity index (χ2n) is 9.78. The molecule has 0 unspecified atom stereocenters. The van der Waals surface area contributed by atoms with Gasteiger partial charge in [-0.25, -0.2) is 4.68 Å². The SMILES string of the molecule is Cc1nn(-c2ccccc2)c(Sc2cccc3cccnc23)c1/C=C/C(=O)c1ccc(N2CCCCC2)cc1. The molecule has 5 nitrogen and oxygen atoms in total. The summed E-state index contributed by atoms with van der Waals surface area (Å²) < 4.78 is 1.96. The molecule has 0 aliphatic carbocycles. The van der Waals surface area contributed by atoms with Crippen LogP contribution in [-0.2, 0) is 0 Å². The van der Waals surface area contributed by atoms with E-state index < -0.39 is 0 Å². The molecule has 6 rings (SSSR count). The van der Waals surface area contributed by atoms with E-state index in [1.165, 1.54) is 24.9 Å². The summed E-state index contributed by atoms with van der Waals surface area (Å²) in [6, 6.07) is 28.3. The minimum atomic E-state index is -0.0187. The van der Waals surface area contributed by atoms with E-state index in [0.29, 0.717) is 5.56 Å². The summed E-state index contributed by atoms with van der Waals surface area (Å²) in [6.45, 7) is 4.16. The third-order valence-electron chi connectivity index (χ3n) is 7.14. The molecular weight excluding hydrogens is 500 g/mol. The number of allylic oxidation sites excluding steroid dienone is 1. The van der Waals surface area contributed by atoms with Gasteiger partial charge in [-0.05, 0) is 86.9 Å². The third-order valence-corrected chi connectivity index (χ3v) is 8.28. The average molecular weight is 531 g/mol. The van der Waals surface area contributed by atoms with Crippen LogP contribution < -0.4 is 4.90 Å². The van der Waals surface area contributed by atoms with Crippen LogP contribution in [0.1, 0.15) is 40.9 Å². The Morgan fingerprint density at radius 3 is 2.41 bits per heavy atom. The largest absolute Gasteiger partial charge is 0.372 e. The average Bonchev–Trinajstić information content (AvgIpc) is 3.31. The first-order valence-electron chi connectivity index (χ1n) is 13.4. The van der Waals surface area contributed by atoms with Crippen LogP contribution in [0.4, 0.5) is 5.69 Å². The number of fused-ring (bicyclic) bond motifs is 1. The van der Waals surface area contributed by atoms with Gasteiger partial charge in [0, 0.05) is 46.4 Å². The van der Waals surface area contributed by atoms with Crippen LogP contribution >= 0.6 is 11.8 Å². The van der Waals surface area contributed by atoms with Crippen LogP contribution in [0, 0.1) is 6.92 Å². The van der Waals surface area contributed by atoms with Gasteiger partial charge < -0.3 is 4.90 Å². The minimum absolute atomic E-state index is 0.0187.